The molecule has 0 saturated carbocycles. The molecule has 2 heterocycles. The summed E-state index contributed by atoms with van der Waals surface area (Å²) in [7, 11) is 3.18. The number of guanidine groups is 1. The molecule has 0 amide bonds. The van der Waals surface area contributed by atoms with E-state index in [2.05, 4.69) is 29.3 Å². The quantitative estimate of drug-likeness (QED) is 0.0257. The molecule has 0 unspecified atom stereocenters. The molecule has 0 spiro atoms. The molecule has 9 rings (SSSR count). The number of ketones is 1. The van der Waals surface area contributed by atoms with Gasteiger partial charge >= 0.3 is 0 Å². The van der Waals surface area contributed by atoms with Crippen LogP contribution in [0.5, 0.6) is 17.2 Å². The topological polar surface area (TPSA) is 196 Å². The number of hydrogen-bond donors (Lipinski definition) is 7. The fraction of sp³-hybridized carbons (Fsp3) is 0.345. The van der Waals surface area contributed by atoms with Gasteiger partial charge in [-0.25, -0.2) is 0 Å². The molecule has 2 aliphatic heterocycles. The predicted molar refractivity (Wildman–Crippen MR) is 274 cm³/mol. The molecule has 2 aliphatic carbocycles. The second-order valence-corrected chi connectivity index (χ2v) is 18.7. The summed E-state index contributed by atoms with van der Waals surface area (Å²) < 4.78 is 18.7. The van der Waals surface area contributed by atoms with Gasteiger partial charge in [0.2, 0.25) is 0 Å². The fourth-order valence-corrected chi connectivity index (χ4v) is 10.2. The van der Waals surface area contributed by atoms with Crippen LogP contribution < -0.4 is 20.5 Å². The number of aryl methyl sites for hydroxylation is 2. The van der Waals surface area contributed by atoms with E-state index in [0.29, 0.717) is 66.1 Å². The second kappa shape index (κ2) is 22.6. The van der Waals surface area contributed by atoms with Gasteiger partial charge in [-0.15, -0.1) is 0 Å². The van der Waals surface area contributed by atoms with Gasteiger partial charge in [0.1, 0.15) is 36.1 Å². The maximum absolute atomic E-state index is 14.1. The van der Waals surface area contributed by atoms with Crippen molar-refractivity contribution >= 4 is 34.3 Å². The number of nitrogens with one attached hydrogen (secondary N) is 1. The Bertz CT molecular complexity index is 2880. The minimum atomic E-state index is -1.87. The Morgan fingerprint density at radius 1 is 0.971 bits per heavy atom. The summed E-state index contributed by atoms with van der Waals surface area (Å²) in [5, 5.41) is 60.2. The van der Waals surface area contributed by atoms with Crippen LogP contribution in [0.3, 0.4) is 0 Å². The number of allylic oxidation sites excluding steroid dienone is 4. The number of carbonyl (C=O) groups excluding carboxylic acids is 1. The van der Waals surface area contributed by atoms with E-state index in [1.165, 1.54) is 0 Å². The van der Waals surface area contributed by atoms with Crippen molar-refractivity contribution in [3.05, 3.63) is 159 Å². The van der Waals surface area contributed by atoms with Crippen molar-refractivity contribution in [3.63, 3.8) is 0 Å². The zero-order valence-electron chi connectivity index (χ0n) is 40.0. The Hall–Kier alpha value is -7.04. The lowest BCUT2D eigenvalue weighted by molar-refractivity contribution is -0.121. The summed E-state index contributed by atoms with van der Waals surface area (Å²) in [6.45, 7) is 2.01. The molecular formula is C58H63N3O9. The molecule has 12 heteroatoms. The average molecular weight is 946 g/mol. The number of benzene rings is 5. The maximum atomic E-state index is 14.1. The number of nitrogens with two attached hydrogens (primary N) is 1. The van der Waals surface area contributed by atoms with Crippen LogP contribution in [0.4, 0.5) is 5.69 Å². The van der Waals surface area contributed by atoms with Crippen molar-refractivity contribution in [1.82, 2.24) is 0 Å². The Balaban J connectivity index is 1.16. The minimum absolute atomic E-state index is 0.0169. The Morgan fingerprint density at radius 3 is 2.56 bits per heavy atom. The van der Waals surface area contributed by atoms with Crippen LogP contribution in [0.15, 0.2) is 120 Å². The number of methoxy groups -OCH3 is 1. The minimum Gasteiger partial charge on any atom is -0.508 e. The molecule has 12 nitrogen and oxygen atoms in total. The lowest BCUT2D eigenvalue weighted by atomic mass is 9.77. The van der Waals surface area contributed by atoms with Crippen molar-refractivity contribution in [2.24, 2.45) is 28.5 Å². The first-order valence-corrected chi connectivity index (χ1v) is 24.1. The molecule has 6 bridgehead atoms. The second-order valence-electron chi connectivity index (χ2n) is 18.7. The number of fused-ring (bicyclic) bond motifs is 9. The Labute approximate surface area is 409 Å². The van der Waals surface area contributed by atoms with Crippen molar-refractivity contribution in [1.29, 1.82) is 0 Å². The van der Waals surface area contributed by atoms with Gasteiger partial charge in [0.05, 0.1) is 13.0 Å². The molecular weight excluding hydrogens is 883 g/mol. The first kappa shape index (κ1) is 49.4. The summed E-state index contributed by atoms with van der Waals surface area (Å²) >= 11 is 0. The van der Waals surface area contributed by atoms with E-state index < -0.39 is 18.3 Å². The number of phenolic OH excluding ortho intramolecular Hbond substituents is 1. The monoisotopic (exact) mass is 945 g/mol. The SMILES string of the molecule is CN=C(N)Nc1cccc(CC[C@H](CO)C[C@@H]2C=CC(O)=C[C@H]2C[C@H]2CC(=O)CCc3ccc(OC)c(c3)OCc3c(C(O)O)cc4c(c(O)cc5c4c3C=C[C@H]5C)[C@@H](Cc3ccccc3)C#CO2)c1. The number of hydrogen-bond acceptors (Lipinski definition) is 10. The molecule has 0 radical (unpaired) electrons. The van der Waals surface area contributed by atoms with Gasteiger partial charge in [-0.2, -0.15) is 0 Å². The number of aliphatic imine (C=N–C) groups is 1. The van der Waals surface area contributed by atoms with Gasteiger partial charge in [0.25, 0.3) is 0 Å². The van der Waals surface area contributed by atoms with Gasteiger partial charge in [-0.1, -0.05) is 79.6 Å². The summed E-state index contributed by atoms with van der Waals surface area (Å²) in [6.07, 6.45) is 13.5. The smallest absolute Gasteiger partial charge is 0.192 e. The number of nitrogens with zero attached hydrogens (tertiary/aromatic N) is 1. The number of aliphatic hydroxyl groups excluding tert-OH is 3. The summed E-state index contributed by atoms with van der Waals surface area (Å²) in [5.74, 6) is 3.61. The molecule has 4 aliphatic rings. The highest BCUT2D eigenvalue weighted by Gasteiger charge is 2.31. The summed E-state index contributed by atoms with van der Waals surface area (Å²) in [4.78, 5) is 18.1. The fourth-order valence-electron chi connectivity index (χ4n) is 10.2. The highest BCUT2D eigenvalue weighted by atomic mass is 16.5. The number of rotatable bonds is 13. The molecule has 8 N–H and O–H groups in total. The van der Waals surface area contributed by atoms with E-state index in [1.807, 2.05) is 91.0 Å². The number of Topliss-reactive ketones (excluding diaryl/α,β-unsaturated/α-hetero) is 1. The number of phenols is 1. The molecule has 5 aromatic rings. The maximum Gasteiger partial charge on any atom is 0.192 e. The van der Waals surface area contributed by atoms with E-state index in [-0.39, 0.29) is 72.6 Å². The normalized spacial score (nSPS) is 20.7. The molecule has 0 saturated heterocycles. The van der Waals surface area contributed by atoms with Crippen molar-refractivity contribution in [3.8, 4) is 29.3 Å². The zero-order chi connectivity index (χ0) is 49.3. The third-order valence-electron chi connectivity index (χ3n) is 13.9. The molecule has 6 atom stereocenters. The number of carbonyl (C=O) groups is 1. The molecule has 364 valence electrons. The first-order chi connectivity index (χ1) is 33.9. The summed E-state index contributed by atoms with van der Waals surface area (Å²) in [5.41, 5.74) is 12.6. The van der Waals surface area contributed by atoms with Crippen LogP contribution in [0, 0.1) is 29.8 Å². The third-order valence-corrected chi connectivity index (χ3v) is 13.9. The number of aromatic hydroxyl groups is 1. The first-order valence-electron chi connectivity index (χ1n) is 24.1. The average Bonchev–Trinajstić information content (AvgIpc) is 3.35. The van der Waals surface area contributed by atoms with Crippen LogP contribution in [0.1, 0.15) is 102 Å². The van der Waals surface area contributed by atoms with Crippen molar-refractivity contribution in [2.45, 2.75) is 89.1 Å². The van der Waals surface area contributed by atoms with E-state index in [0.717, 1.165) is 45.3 Å². The molecule has 5 aromatic carbocycles. The highest BCUT2D eigenvalue weighted by molar-refractivity contribution is 6.01. The van der Waals surface area contributed by atoms with E-state index >= 15 is 0 Å². The standard InChI is InChI=1S/C58H63N3O9/c1-35-12-20-47-51-34-70-54-27-38(16-21-53(54)68-3)15-18-45(64)30-46(29-42-28-44(63)19-17-40(42)25-39(33-62)14-13-37-10-7-11-43(26-37)61-58(59)60-2)69-23-22-41(24-36-8-5-4-6-9-36)55-50(31-49(51)57(66)67)56(47)48(35)32-52(55)65/h4-12,16-17,19-21,26-28,31-32,35,39-42,46,57,62-63,65-67H,13-15,18,24-25,29-30,33-34H2,1-3H3,(H3,59,60,61)/t35-,39+,40+,41-,42+,46+/m1/s1. The number of aliphatic hydroxyl groups is 4. The van der Waals surface area contributed by atoms with Gasteiger partial charge in [0, 0.05) is 54.8 Å². The zero-order valence-corrected chi connectivity index (χ0v) is 40.0. The van der Waals surface area contributed by atoms with Crippen LogP contribution >= 0.6 is 0 Å². The number of anilines is 1. The summed E-state index contributed by atoms with van der Waals surface area (Å²) in [6, 6.07) is 26.8. The molecule has 0 fully saturated rings. The Kier molecular flexibility index (Phi) is 15.9. The number of ether oxygens (including phenoxy) is 3. The van der Waals surface area contributed by atoms with Gasteiger partial charge in [-0.05, 0) is 143 Å². The van der Waals surface area contributed by atoms with Crippen LogP contribution in [-0.2, 0) is 35.4 Å². The van der Waals surface area contributed by atoms with Crippen LogP contribution in [0.25, 0.3) is 16.8 Å². The lowest BCUT2D eigenvalue weighted by Crippen LogP contribution is -2.26. The van der Waals surface area contributed by atoms with E-state index in [9.17, 15) is 30.3 Å². The predicted octanol–water partition coefficient (Wildman–Crippen LogP) is 9.45. The van der Waals surface area contributed by atoms with Crippen molar-refractivity contribution < 1.29 is 44.5 Å². The van der Waals surface area contributed by atoms with E-state index in [4.69, 9.17) is 19.9 Å². The third kappa shape index (κ3) is 11.7. The largest absolute Gasteiger partial charge is 0.508 e. The Morgan fingerprint density at radius 2 is 1.79 bits per heavy atom. The molecule has 70 heavy (non-hydrogen) atoms. The van der Waals surface area contributed by atoms with Gasteiger partial charge in [-0.3, -0.25) is 9.79 Å². The van der Waals surface area contributed by atoms with Crippen LogP contribution in [-0.4, -0.2) is 64.1 Å². The van der Waals surface area contributed by atoms with E-state index in [1.54, 1.807) is 38.4 Å². The van der Waals surface area contributed by atoms with Gasteiger partial charge in [0.15, 0.2) is 23.7 Å². The molecule has 0 aromatic heterocycles. The highest BCUT2D eigenvalue weighted by Crippen LogP contribution is 2.47. The van der Waals surface area contributed by atoms with Gasteiger partial charge < -0.3 is 50.8 Å². The lowest BCUT2D eigenvalue weighted by Gasteiger charge is -2.30. The van der Waals surface area contributed by atoms with Crippen LogP contribution in [0.2, 0.25) is 0 Å². The van der Waals surface area contributed by atoms with Crippen molar-refractivity contribution in [2.75, 3.05) is 26.1 Å².